The fraction of sp³-hybridized carbons (Fsp3) is 0.474. The van der Waals surface area contributed by atoms with E-state index in [9.17, 15) is 10.1 Å². The van der Waals surface area contributed by atoms with Crippen LogP contribution >= 0.6 is 0 Å². The topological polar surface area (TPSA) is 44.1 Å². The second-order valence-electron chi connectivity index (χ2n) is 7.56. The first-order valence-electron chi connectivity index (χ1n) is 7.65. The largest absolute Gasteiger partial charge is 0.343 e. The van der Waals surface area contributed by atoms with Gasteiger partial charge >= 0.3 is 0 Å². The van der Waals surface area contributed by atoms with E-state index in [1.807, 2.05) is 39.0 Å². The number of rotatable bonds is 2. The summed E-state index contributed by atoms with van der Waals surface area (Å²) in [7, 11) is 0. The number of carbonyl (C=O) groups is 1. The zero-order valence-electron chi connectivity index (χ0n) is 14.3. The molecule has 0 aromatic heterocycles. The summed E-state index contributed by atoms with van der Waals surface area (Å²) in [6, 6.07) is 10.5. The van der Waals surface area contributed by atoms with Crippen molar-refractivity contribution in [3.8, 4) is 6.07 Å². The molecule has 3 heteroatoms. The van der Waals surface area contributed by atoms with Crippen LogP contribution in [0.15, 0.2) is 36.0 Å². The number of nitriles is 1. The number of carbonyl (C=O) groups excluding carboxylic acids is 1. The van der Waals surface area contributed by atoms with Crippen molar-refractivity contribution < 1.29 is 4.79 Å². The molecule has 1 aliphatic rings. The first kappa shape index (κ1) is 16.3. The Balaban J connectivity index is 2.52. The van der Waals surface area contributed by atoms with E-state index in [0.717, 1.165) is 5.69 Å². The van der Waals surface area contributed by atoms with Gasteiger partial charge in [-0.1, -0.05) is 52.8 Å². The van der Waals surface area contributed by atoms with Crippen LogP contribution in [0.3, 0.4) is 0 Å². The van der Waals surface area contributed by atoms with E-state index in [4.69, 9.17) is 0 Å². The lowest BCUT2D eigenvalue weighted by Crippen LogP contribution is -2.36. The highest BCUT2D eigenvalue weighted by molar-refractivity contribution is 6.02. The maximum absolute atomic E-state index is 12.4. The van der Waals surface area contributed by atoms with Gasteiger partial charge in [0, 0.05) is 28.8 Å². The van der Waals surface area contributed by atoms with Crippen LogP contribution in [0, 0.1) is 16.7 Å². The van der Waals surface area contributed by atoms with Gasteiger partial charge in [-0.2, -0.15) is 5.26 Å². The van der Waals surface area contributed by atoms with Crippen LogP contribution in [0.4, 0.5) is 5.69 Å². The van der Waals surface area contributed by atoms with E-state index in [-0.39, 0.29) is 22.8 Å². The third-order valence-electron chi connectivity index (χ3n) is 4.65. The van der Waals surface area contributed by atoms with Crippen molar-refractivity contribution in [3.05, 3.63) is 41.6 Å². The Labute approximate surface area is 133 Å². The molecule has 1 heterocycles. The van der Waals surface area contributed by atoms with Crippen molar-refractivity contribution >= 4 is 11.5 Å². The summed E-state index contributed by atoms with van der Waals surface area (Å²) in [5, 5.41) is 9.42. The molecule has 0 amide bonds. The number of Topliss-reactive ketones (excluding diaryl/α,β-unsaturated/α-hetero) is 1. The van der Waals surface area contributed by atoms with Gasteiger partial charge in [0.2, 0.25) is 0 Å². The molecule has 116 valence electrons. The number of ketones is 1. The lowest BCUT2D eigenvalue weighted by atomic mass is 9.81. The molecule has 3 nitrogen and oxygen atoms in total. The van der Waals surface area contributed by atoms with E-state index >= 15 is 0 Å². The first-order valence-corrected chi connectivity index (χ1v) is 7.65. The monoisotopic (exact) mass is 296 g/mol. The highest BCUT2D eigenvalue weighted by atomic mass is 16.1. The van der Waals surface area contributed by atoms with Crippen LogP contribution in [0.25, 0.3) is 0 Å². The number of hydrogen-bond donors (Lipinski definition) is 0. The normalized spacial score (nSPS) is 20.5. The van der Waals surface area contributed by atoms with Crippen LogP contribution in [-0.2, 0) is 10.2 Å². The summed E-state index contributed by atoms with van der Waals surface area (Å²) in [5.74, 6) is -0.121. The minimum atomic E-state index is -0.556. The number of benzene rings is 1. The van der Waals surface area contributed by atoms with E-state index in [0.29, 0.717) is 0 Å². The molecule has 0 fully saturated rings. The van der Waals surface area contributed by atoms with Gasteiger partial charge < -0.3 is 4.90 Å². The average molecular weight is 296 g/mol. The van der Waals surface area contributed by atoms with Crippen LogP contribution in [0.1, 0.15) is 47.1 Å². The Morgan fingerprint density at radius 1 is 1.32 bits per heavy atom. The van der Waals surface area contributed by atoms with Gasteiger partial charge in [0.15, 0.2) is 5.78 Å². The molecule has 0 saturated carbocycles. The van der Waals surface area contributed by atoms with E-state index < -0.39 is 5.41 Å². The number of allylic oxidation sites excluding steroid dienone is 1. The highest BCUT2D eigenvalue weighted by Crippen LogP contribution is 2.45. The number of hydrogen-bond acceptors (Lipinski definition) is 3. The van der Waals surface area contributed by atoms with Gasteiger partial charge in [-0.25, -0.2) is 0 Å². The Morgan fingerprint density at radius 2 is 1.91 bits per heavy atom. The lowest BCUT2D eigenvalue weighted by molar-refractivity contribution is -0.122. The summed E-state index contributed by atoms with van der Waals surface area (Å²) in [4.78, 5) is 14.5. The second-order valence-corrected chi connectivity index (χ2v) is 7.56. The fourth-order valence-corrected chi connectivity index (χ4v) is 2.89. The van der Waals surface area contributed by atoms with Crippen LogP contribution in [0.2, 0.25) is 0 Å². The van der Waals surface area contributed by atoms with Gasteiger partial charge in [0.05, 0.1) is 0 Å². The average Bonchev–Trinajstić information content (AvgIpc) is 2.64. The van der Waals surface area contributed by atoms with Crippen LogP contribution < -0.4 is 4.90 Å². The van der Waals surface area contributed by atoms with Crippen molar-refractivity contribution in [2.24, 2.45) is 5.41 Å². The van der Waals surface area contributed by atoms with Gasteiger partial charge in [0.25, 0.3) is 0 Å². The third-order valence-corrected chi connectivity index (χ3v) is 4.65. The molecule has 2 rings (SSSR count). The van der Waals surface area contributed by atoms with Gasteiger partial charge in [0.1, 0.15) is 11.6 Å². The minimum absolute atomic E-state index is 0.0293. The van der Waals surface area contributed by atoms with Gasteiger partial charge in [-0.05, 0) is 18.6 Å². The van der Waals surface area contributed by atoms with E-state index in [2.05, 4.69) is 37.8 Å². The van der Waals surface area contributed by atoms with E-state index in [1.165, 1.54) is 5.56 Å². The third kappa shape index (κ3) is 2.54. The van der Waals surface area contributed by atoms with Crippen LogP contribution in [-0.4, -0.2) is 11.8 Å². The zero-order valence-corrected chi connectivity index (χ0v) is 14.3. The molecule has 0 bridgehead atoms. The van der Waals surface area contributed by atoms with Crippen molar-refractivity contribution in [1.29, 1.82) is 5.26 Å². The van der Waals surface area contributed by atoms with Gasteiger partial charge in [-0.15, -0.1) is 0 Å². The molecule has 1 aromatic carbocycles. The minimum Gasteiger partial charge on any atom is -0.343 e. The first-order chi connectivity index (χ1) is 10.1. The Morgan fingerprint density at radius 3 is 2.45 bits per heavy atom. The van der Waals surface area contributed by atoms with Crippen LogP contribution in [0.5, 0.6) is 0 Å². The molecule has 0 radical (unpaired) electrons. The standard InChI is InChI=1S/C19H24N2O/c1-13-19(5,6)15-9-7-8-10-16(15)21(13)12-14(11-20)17(22)18(2,3)4/h7-10,12-13H,1-6H3. The predicted octanol–water partition coefficient (Wildman–Crippen LogP) is 4.20. The molecule has 0 aliphatic carbocycles. The number of anilines is 1. The van der Waals surface area contributed by atoms with Crippen molar-refractivity contribution in [3.63, 3.8) is 0 Å². The summed E-state index contributed by atoms with van der Waals surface area (Å²) in [5.41, 5.74) is 1.96. The number of nitrogens with zero attached hydrogens (tertiary/aromatic N) is 2. The maximum Gasteiger partial charge on any atom is 0.180 e. The lowest BCUT2D eigenvalue weighted by Gasteiger charge is -2.29. The summed E-state index contributed by atoms with van der Waals surface area (Å²) < 4.78 is 0. The molecular formula is C19H24N2O. The number of fused-ring (bicyclic) bond motifs is 1. The molecule has 0 spiro atoms. The van der Waals surface area contributed by atoms with Gasteiger partial charge in [-0.3, -0.25) is 4.79 Å². The molecular weight excluding hydrogens is 272 g/mol. The fourth-order valence-electron chi connectivity index (χ4n) is 2.89. The molecule has 1 atom stereocenters. The van der Waals surface area contributed by atoms with Crippen molar-refractivity contribution in [2.75, 3.05) is 4.90 Å². The SMILES string of the molecule is CC1N(C=C(C#N)C(=O)C(C)(C)C)c2ccccc2C1(C)C. The highest BCUT2D eigenvalue weighted by Gasteiger charge is 2.41. The molecule has 0 N–H and O–H groups in total. The van der Waals surface area contributed by atoms with E-state index in [1.54, 1.807) is 6.20 Å². The Bertz CT molecular complexity index is 671. The second kappa shape index (κ2) is 5.28. The molecule has 1 aromatic rings. The predicted molar refractivity (Wildman–Crippen MR) is 89.6 cm³/mol. The van der Waals surface area contributed by atoms with Crippen molar-refractivity contribution in [2.45, 2.75) is 53.0 Å². The molecule has 22 heavy (non-hydrogen) atoms. The number of para-hydroxylation sites is 1. The zero-order chi connectivity index (χ0) is 16.7. The Kier molecular flexibility index (Phi) is 3.91. The maximum atomic E-state index is 12.4. The summed E-state index contributed by atoms with van der Waals surface area (Å²) >= 11 is 0. The summed E-state index contributed by atoms with van der Waals surface area (Å²) in [6.07, 6.45) is 1.73. The van der Waals surface area contributed by atoms with Crippen molar-refractivity contribution in [1.82, 2.24) is 0 Å². The Hall–Kier alpha value is -2.08. The smallest absolute Gasteiger partial charge is 0.180 e. The molecule has 1 aliphatic heterocycles. The quantitative estimate of drug-likeness (QED) is 0.607. The summed E-state index contributed by atoms with van der Waals surface area (Å²) in [6.45, 7) is 12.0. The molecule has 0 saturated heterocycles. The molecule has 1 unspecified atom stereocenters.